The summed E-state index contributed by atoms with van der Waals surface area (Å²) < 4.78 is 47.1. The maximum atomic E-state index is 12.5. The van der Waals surface area contributed by atoms with E-state index in [2.05, 4.69) is 10.1 Å². The minimum absolute atomic E-state index is 0.238. The van der Waals surface area contributed by atoms with Crippen LogP contribution in [0.25, 0.3) is 0 Å². The number of nitrogens with two attached hydrogens (primary N) is 1. The standard InChI is InChI=1S/C19H19F3N2O3/c20-19(21,22)27-17-4-2-1-3-14(17)15-11-16(15)18(25)24-12-5-7-13(8-6-12)26-10-9-23/h1-8,15-16H,9-11,23H2,(H,24,25). The largest absolute Gasteiger partial charge is 0.573 e. The Kier molecular flexibility index (Phi) is 5.55. The predicted molar refractivity (Wildman–Crippen MR) is 93.6 cm³/mol. The molecule has 2 unspecified atom stereocenters. The van der Waals surface area contributed by atoms with Gasteiger partial charge < -0.3 is 20.5 Å². The molecule has 2 aromatic rings. The second-order valence-corrected chi connectivity index (χ2v) is 6.19. The minimum Gasteiger partial charge on any atom is -0.492 e. The van der Waals surface area contributed by atoms with Gasteiger partial charge in [-0.25, -0.2) is 0 Å². The average Bonchev–Trinajstić information content (AvgIpc) is 3.41. The van der Waals surface area contributed by atoms with Gasteiger partial charge in [0.25, 0.3) is 0 Å². The van der Waals surface area contributed by atoms with Gasteiger partial charge in [0.2, 0.25) is 5.91 Å². The number of hydrogen-bond donors (Lipinski definition) is 2. The number of hydrogen-bond acceptors (Lipinski definition) is 4. The van der Waals surface area contributed by atoms with Gasteiger partial charge in [0.05, 0.1) is 0 Å². The van der Waals surface area contributed by atoms with Crippen LogP contribution in [0.15, 0.2) is 48.5 Å². The molecular weight excluding hydrogens is 361 g/mol. The third-order valence-electron chi connectivity index (χ3n) is 4.18. The summed E-state index contributed by atoms with van der Waals surface area (Å²) in [5.74, 6) is -0.544. The van der Waals surface area contributed by atoms with Gasteiger partial charge in [-0.2, -0.15) is 0 Å². The first kappa shape index (κ1) is 19.0. The number of para-hydroxylation sites is 1. The number of benzene rings is 2. The maximum absolute atomic E-state index is 12.5. The second kappa shape index (κ2) is 7.87. The summed E-state index contributed by atoms with van der Waals surface area (Å²) in [6.07, 6.45) is -4.29. The van der Waals surface area contributed by atoms with Crippen molar-refractivity contribution >= 4 is 11.6 Å². The van der Waals surface area contributed by atoms with Crippen molar-refractivity contribution in [2.24, 2.45) is 11.7 Å². The van der Waals surface area contributed by atoms with E-state index in [1.807, 2.05) is 0 Å². The van der Waals surface area contributed by atoms with Crippen LogP contribution in [0.5, 0.6) is 11.5 Å². The first-order valence-electron chi connectivity index (χ1n) is 8.46. The number of nitrogens with one attached hydrogen (secondary N) is 1. The molecule has 2 atom stereocenters. The smallest absolute Gasteiger partial charge is 0.492 e. The Bertz CT molecular complexity index is 794. The lowest BCUT2D eigenvalue weighted by atomic mass is 10.1. The van der Waals surface area contributed by atoms with E-state index in [4.69, 9.17) is 10.5 Å². The van der Waals surface area contributed by atoms with Gasteiger partial charge in [0, 0.05) is 18.2 Å². The van der Waals surface area contributed by atoms with Crippen LogP contribution < -0.4 is 20.5 Å². The third-order valence-corrected chi connectivity index (χ3v) is 4.18. The van der Waals surface area contributed by atoms with Crippen molar-refractivity contribution in [3.05, 3.63) is 54.1 Å². The lowest BCUT2D eigenvalue weighted by Gasteiger charge is -2.13. The Hall–Kier alpha value is -2.74. The summed E-state index contributed by atoms with van der Waals surface area (Å²) in [7, 11) is 0. The molecule has 0 spiro atoms. The summed E-state index contributed by atoms with van der Waals surface area (Å²) in [4.78, 5) is 12.4. The highest BCUT2D eigenvalue weighted by molar-refractivity contribution is 5.95. The van der Waals surface area contributed by atoms with E-state index in [9.17, 15) is 18.0 Å². The van der Waals surface area contributed by atoms with Crippen molar-refractivity contribution < 1.29 is 27.4 Å². The SMILES string of the molecule is NCCOc1ccc(NC(=O)C2CC2c2ccccc2OC(F)(F)F)cc1. The summed E-state index contributed by atoms with van der Waals surface area (Å²) in [6, 6.07) is 12.7. The van der Waals surface area contributed by atoms with Gasteiger partial charge in [0.15, 0.2) is 0 Å². The number of ether oxygens (including phenoxy) is 2. The maximum Gasteiger partial charge on any atom is 0.573 e. The van der Waals surface area contributed by atoms with E-state index < -0.39 is 12.3 Å². The van der Waals surface area contributed by atoms with E-state index >= 15 is 0 Å². The fraction of sp³-hybridized carbons (Fsp3) is 0.316. The first-order chi connectivity index (χ1) is 12.9. The fourth-order valence-electron chi connectivity index (χ4n) is 2.88. The molecule has 0 radical (unpaired) electrons. The zero-order valence-electron chi connectivity index (χ0n) is 14.3. The van der Waals surface area contributed by atoms with Crippen LogP contribution in [0.1, 0.15) is 17.9 Å². The monoisotopic (exact) mass is 380 g/mol. The van der Waals surface area contributed by atoms with Crippen molar-refractivity contribution in [1.82, 2.24) is 0 Å². The zero-order valence-corrected chi connectivity index (χ0v) is 14.3. The van der Waals surface area contributed by atoms with Gasteiger partial charge >= 0.3 is 6.36 Å². The fourth-order valence-corrected chi connectivity index (χ4v) is 2.88. The molecule has 1 aliphatic carbocycles. The van der Waals surface area contributed by atoms with E-state index in [-0.39, 0.29) is 17.6 Å². The molecule has 0 saturated heterocycles. The van der Waals surface area contributed by atoms with Gasteiger partial charge in [-0.15, -0.1) is 13.2 Å². The molecule has 0 aliphatic heterocycles. The van der Waals surface area contributed by atoms with Crippen LogP contribution in [-0.2, 0) is 4.79 Å². The van der Waals surface area contributed by atoms with Crippen LogP contribution in [0.2, 0.25) is 0 Å². The van der Waals surface area contributed by atoms with Crippen LogP contribution in [0, 0.1) is 5.92 Å². The highest BCUT2D eigenvalue weighted by Crippen LogP contribution is 2.51. The Morgan fingerprint density at radius 1 is 1.15 bits per heavy atom. The van der Waals surface area contributed by atoms with Crippen molar-refractivity contribution in [2.75, 3.05) is 18.5 Å². The number of carbonyl (C=O) groups is 1. The number of amides is 1. The quantitative estimate of drug-likeness (QED) is 0.769. The molecule has 1 amide bonds. The first-order valence-corrected chi connectivity index (χ1v) is 8.46. The highest BCUT2D eigenvalue weighted by atomic mass is 19.4. The number of anilines is 1. The molecule has 3 rings (SSSR count). The van der Waals surface area contributed by atoms with Crippen molar-refractivity contribution in [2.45, 2.75) is 18.7 Å². The van der Waals surface area contributed by atoms with Crippen molar-refractivity contribution in [3.8, 4) is 11.5 Å². The second-order valence-electron chi connectivity index (χ2n) is 6.19. The molecule has 8 heteroatoms. The molecule has 144 valence electrons. The Balaban J connectivity index is 1.61. The van der Waals surface area contributed by atoms with Crippen molar-refractivity contribution in [1.29, 1.82) is 0 Å². The number of carbonyl (C=O) groups excluding carboxylic acids is 1. The zero-order chi connectivity index (χ0) is 19.4. The van der Waals surface area contributed by atoms with Gasteiger partial charge in [0.1, 0.15) is 18.1 Å². The molecule has 5 nitrogen and oxygen atoms in total. The Morgan fingerprint density at radius 2 is 1.85 bits per heavy atom. The van der Waals surface area contributed by atoms with E-state index in [0.717, 1.165) is 0 Å². The van der Waals surface area contributed by atoms with Crippen LogP contribution in [0.4, 0.5) is 18.9 Å². The van der Waals surface area contributed by atoms with E-state index in [1.165, 1.54) is 12.1 Å². The van der Waals surface area contributed by atoms with Gasteiger partial charge in [-0.1, -0.05) is 18.2 Å². The van der Waals surface area contributed by atoms with E-state index in [0.29, 0.717) is 36.6 Å². The third kappa shape index (κ3) is 5.13. The molecule has 0 bridgehead atoms. The normalized spacial score (nSPS) is 18.7. The summed E-state index contributed by atoms with van der Waals surface area (Å²) in [5.41, 5.74) is 6.34. The summed E-state index contributed by atoms with van der Waals surface area (Å²) in [5, 5.41) is 2.77. The summed E-state index contributed by atoms with van der Waals surface area (Å²) in [6.45, 7) is 0.802. The number of rotatable bonds is 7. The van der Waals surface area contributed by atoms with Crippen molar-refractivity contribution in [3.63, 3.8) is 0 Å². The molecule has 27 heavy (non-hydrogen) atoms. The van der Waals surface area contributed by atoms with Crippen LogP contribution in [0.3, 0.4) is 0 Å². The molecule has 1 saturated carbocycles. The average molecular weight is 380 g/mol. The Labute approximate surface area is 154 Å². The molecule has 2 aromatic carbocycles. The predicted octanol–water partition coefficient (Wildman–Crippen LogP) is 3.66. The Morgan fingerprint density at radius 3 is 2.52 bits per heavy atom. The molecule has 1 aliphatic rings. The molecule has 0 heterocycles. The van der Waals surface area contributed by atoms with E-state index in [1.54, 1.807) is 36.4 Å². The molecule has 3 N–H and O–H groups in total. The lowest BCUT2D eigenvalue weighted by Crippen LogP contribution is -2.18. The number of alkyl halides is 3. The van der Waals surface area contributed by atoms with Gasteiger partial charge in [-0.05, 0) is 48.2 Å². The van der Waals surface area contributed by atoms with Crippen LogP contribution >= 0.6 is 0 Å². The molecule has 0 aromatic heterocycles. The van der Waals surface area contributed by atoms with Gasteiger partial charge in [-0.3, -0.25) is 4.79 Å². The lowest BCUT2D eigenvalue weighted by molar-refractivity contribution is -0.274. The topological polar surface area (TPSA) is 73.6 Å². The summed E-state index contributed by atoms with van der Waals surface area (Å²) >= 11 is 0. The highest BCUT2D eigenvalue weighted by Gasteiger charge is 2.46. The molecular formula is C19H19F3N2O3. The minimum atomic E-state index is -4.77. The van der Waals surface area contributed by atoms with Crippen LogP contribution in [-0.4, -0.2) is 25.4 Å². The number of halogens is 3. The molecule has 1 fully saturated rings.